The highest BCUT2D eigenvalue weighted by molar-refractivity contribution is 6.06. The molecule has 1 saturated carbocycles. The maximum atomic E-state index is 12.8. The Morgan fingerprint density at radius 1 is 1.26 bits per heavy atom. The number of hydrogen-bond donors (Lipinski definition) is 0. The molecule has 2 aromatic heterocycles. The van der Waals surface area contributed by atoms with Crippen molar-refractivity contribution in [2.45, 2.75) is 25.7 Å². The van der Waals surface area contributed by atoms with Crippen LogP contribution in [0.15, 0.2) is 36.8 Å². The second kappa shape index (κ2) is 5.22. The van der Waals surface area contributed by atoms with Gasteiger partial charge in [-0.2, -0.15) is 4.73 Å². The monoisotopic (exact) mass is 310 g/mol. The van der Waals surface area contributed by atoms with E-state index in [0.29, 0.717) is 19.0 Å². The summed E-state index contributed by atoms with van der Waals surface area (Å²) in [4.78, 5) is 20.5. The molecule has 2 aromatic rings. The Kier molecular flexibility index (Phi) is 3.18. The third-order valence-electron chi connectivity index (χ3n) is 4.46. The number of urea groups is 1. The van der Waals surface area contributed by atoms with E-state index in [1.165, 1.54) is 12.4 Å². The van der Waals surface area contributed by atoms with Gasteiger partial charge in [-0.25, -0.2) is 4.79 Å². The smallest absolute Gasteiger partial charge is 0.329 e. The summed E-state index contributed by atoms with van der Waals surface area (Å²) in [6, 6.07) is 5.52. The van der Waals surface area contributed by atoms with Crippen LogP contribution in [0.3, 0.4) is 0 Å². The van der Waals surface area contributed by atoms with Gasteiger partial charge in [0, 0.05) is 36.7 Å². The van der Waals surface area contributed by atoms with Crippen LogP contribution in [0.5, 0.6) is 0 Å². The molecule has 0 bridgehead atoms. The quantitative estimate of drug-likeness (QED) is 0.646. The lowest BCUT2D eigenvalue weighted by Gasteiger charge is -2.20. The van der Waals surface area contributed by atoms with Crippen LogP contribution >= 0.6 is 0 Å². The number of amides is 2. The standard InChI is InChI=1S/C17H18N4O2/c1-12-10-14(4-6-18-12)20-8-9-21(17(20)22)16-11-19(23)7-5-15(16)13-2-3-13/h4-7,10-11,13H,2-3,8-9H2,1H3. The van der Waals surface area contributed by atoms with Gasteiger partial charge in [0.05, 0.1) is 0 Å². The minimum absolute atomic E-state index is 0.0799. The first-order chi connectivity index (χ1) is 11.1. The molecule has 6 nitrogen and oxygen atoms in total. The molecule has 2 fully saturated rings. The Bertz CT molecular complexity index is 773. The summed E-state index contributed by atoms with van der Waals surface area (Å²) in [6.45, 7) is 3.11. The highest BCUT2D eigenvalue weighted by Crippen LogP contribution is 2.44. The van der Waals surface area contributed by atoms with E-state index < -0.39 is 0 Å². The van der Waals surface area contributed by atoms with Crippen molar-refractivity contribution < 1.29 is 9.52 Å². The minimum atomic E-state index is -0.0799. The summed E-state index contributed by atoms with van der Waals surface area (Å²) in [5.74, 6) is 0.483. The molecule has 1 aliphatic carbocycles. The van der Waals surface area contributed by atoms with Gasteiger partial charge in [-0.3, -0.25) is 14.8 Å². The molecule has 6 heteroatoms. The van der Waals surface area contributed by atoms with Crippen LogP contribution in [0.4, 0.5) is 16.2 Å². The summed E-state index contributed by atoms with van der Waals surface area (Å²) in [6.07, 6.45) is 7.01. The molecule has 0 unspecified atom stereocenters. The van der Waals surface area contributed by atoms with Crippen LogP contribution in [0.25, 0.3) is 0 Å². The molecule has 23 heavy (non-hydrogen) atoms. The Hall–Kier alpha value is -2.63. The van der Waals surface area contributed by atoms with Gasteiger partial charge >= 0.3 is 6.03 Å². The molecule has 1 aliphatic heterocycles. The number of carbonyl (C=O) groups excluding carboxylic acids is 1. The number of aromatic nitrogens is 2. The summed E-state index contributed by atoms with van der Waals surface area (Å²) < 4.78 is 0.772. The first-order valence-electron chi connectivity index (χ1n) is 7.88. The predicted octanol–water partition coefficient (Wildman–Crippen LogP) is 2.35. The van der Waals surface area contributed by atoms with E-state index >= 15 is 0 Å². The van der Waals surface area contributed by atoms with E-state index in [9.17, 15) is 10.0 Å². The van der Waals surface area contributed by atoms with Crippen LogP contribution in [0.1, 0.15) is 30.0 Å². The van der Waals surface area contributed by atoms with Crippen molar-refractivity contribution in [3.8, 4) is 0 Å². The fourth-order valence-corrected chi connectivity index (χ4v) is 3.14. The molecule has 0 N–H and O–H groups in total. The fourth-order valence-electron chi connectivity index (χ4n) is 3.14. The van der Waals surface area contributed by atoms with E-state index in [4.69, 9.17) is 0 Å². The van der Waals surface area contributed by atoms with Crippen molar-refractivity contribution in [1.82, 2.24) is 4.98 Å². The molecule has 0 radical (unpaired) electrons. The molecule has 118 valence electrons. The fraction of sp³-hybridized carbons (Fsp3) is 0.353. The second-order valence-electron chi connectivity index (χ2n) is 6.16. The topological polar surface area (TPSA) is 63.4 Å². The highest BCUT2D eigenvalue weighted by Gasteiger charge is 2.36. The molecule has 2 amide bonds. The molecule has 4 rings (SSSR count). The Balaban J connectivity index is 1.67. The zero-order valence-electron chi connectivity index (χ0n) is 13.0. The van der Waals surface area contributed by atoms with Crippen LogP contribution in [-0.4, -0.2) is 24.1 Å². The van der Waals surface area contributed by atoms with Gasteiger partial charge in [-0.05, 0) is 43.4 Å². The number of aryl methyl sites for hydroxylation is 1. The van der Waals surface area contributed by atoms with Crippen LogP contribution < -0.4 is 14.5 Å². The first-order valence-corrected chi connectivity index (χ1v) is 7.88. The summed E-state index contributed by atoms with van der Waals surface area (Å²) in [5.41, 5.74) is 3.59. The number of carbonyl (C=O) groups is 1. The van der Waals surface area contributed by atoms with E-state index in [1.54, 1.807) is 16.0 Å². The van der Waals surface area contributed by atoms with E-state index in [1.807, 2.05) is 25.1 Å². The van der Waals surface area contributed by atoms with Crippen molar-refractivity contribution in [3.63, 3.8) is 0 Å². The lowest BCUT2D eigenvalue weighted by molar-refractivity contribution is -0.604. The average molecular weight is 310 g/mol. The van der Waals surface area contributed by atoms with E-state index in [2.05, 4.69) is 4.98 Å². The molecule has 0 spiro atoms. The molecule has 0 atom stereocenters. The lowest BCUT2D eigenvalue weighted by Crippen LogP contribution is -2.35. The number of nitrogens with zero attached hydrogens (tertiary/aromatic N) is 4. The maximum absolute atomic E-state index is 12.8. The lowest BCUT2D eigenvalue weighted by atomic mass is 10.1. The zero-order chi connectivity index (χ0) is 16.0. The molecular formula is C17H18N4O2. The Morgan fingerprint density at radius 3 is 2.78 bits per heavy atom. The summed E-state index contributed by atoms with van der Waals surface area (Å²) in [7, 11) is 0. The van der Waals surface area contributed by atoms with Crippen LogP contribution in [0, 0.1) is 12.1 Å². The maximum Gasteiger partial charge on any atom is 0.329 e. The van der Waals surface area contributed by atoms with Gasteiger partial charge in [0.15, 0.2) is 6.20 Å². The van der Waals surface area contributed by atoms with Gasteiger partial charge in [0.25, 0.3) is 0 Å². The molecule has 3 heterocycles. The molecule has 2 aliphatic rings. The Morgan fingerprint density at radius 2 is 2.04 bits per heavy atom. The van der Waals surface area contributed by atoms with Gasteiger partial charge < -0.3 is 5.21 Å². The third kappa shape index (κ3) is 2.50. The molecular weight excluding hydrogens is 292 g/mol. The largest absolute Gasteiger partial charge is 0.619 e. The average Bonchev–Trinajstić information content (AvgIpc) is 3.30. The van der Waals surface area contributed by atoms with Gasteiger partial charge in [-0.15, -0.1) is 0 Å². The van der Waals surface area contributed by atoms with Crippen molar-refractivity contribution in [3.05, 3.63) is 53.3 Å². The SMILES string of the molecule is Cc1cc(N2CCN(c3c[n+]([O-])ccc3C3CC3)C2=O)ccn1. The van der Waals surface area contributed by atoms with Gasteiger partial charge in [-0.1, -0.05) is 0 Å². The third-order valence-corrected chi connectivity index (χ3v) is 4.46. The van der Waals surface area contributed by atoms with Crippen molar-refractivity contribution in [2.75, 3.05) is 22.9 Å². The second-order valence-corrected chi connectivity index (χ2v) is 6.16. The predicted molar refractivity (Wildman–Crippen MR) is 86.4 cm³/mol. The number of anilines is 2. The minimum Gasteiger partial charge on any atom is -0.619 e. The molecule has 0 aromatic carbocycles. The van der Waals surface area contributed by atoms with E-state index in [0.717, 1.165) is 40.2 Å². The zero-order valence-corrected chi connectivity index (χ0v) is 13.0. The van der Waals surface area contributed by atoms with Gasteiger partial charge in [0.1, 0.15) is 5.69 Å². The number of pyridine rings is 2. The first kappa shape index (κ1) is 14.0. The Labute approximate surface area is 134 Å². The van der Waals surface area contributed by atoms with E-state index in [-0.39, 0.29) is 6.03 Å². The summed E-state index contributed by atoms with van der Waals surface area (Å²) >= 11 is 0. The normalized spacial score (nSPS) is 17.9. The van der Waals surface area contributed by atoms with Gasteiger partial charge in [0.2, 0.25) is 6.20 Å². The highest BCUT2D eigenvalue weighted by atomic mass is 16.5. The summed E-state index contributed by atoms with van der Waals surface area (Å²) in [5, 5.41) is 11.7. The van der Waals surface area contributed by atoms with Crippen molar-refractivity contribution in [2.24, 2.45) is 0 Å². The number of rotatable bonds is 3. The van der Waals surface area contributed by atoms with Crippen molar-refractivity contribution >= 4 is 17.4 Å². The van der Waals surface area contributed by atoms with Crippen LogP contribution in [0.2, 0.25) is 0 Å². The number of hydrogen-bond acceptors (Lipinski definition) is 3. The molecule has 1 saturated heterocycles. The van der Waals surface area contributed by atoms with Crippen LogP contribution in [-0.2, 0) is 0 Å². The van der Waals surface area contributed by atoms with Crippen molar-refractivity contribution in [1.29, 1.82) is 0 Å².